The largest absolute Gasteiger partial charge is 0.295 e. The summed E-state index contributed by atoms with van der Waals surface area (Å²) in [4.78, 5) is 17.9. The van der Waals surface area contributed by atoms with E-state index < -0.39 is 0 Å². The molecule has 4 bridgehead atoms. The molecule has 196 valence electrons. The highest BCUT2D eigenvalue weighted by Gasteiger charge is 2.51. The Morgan fingerprint density at radius 3 is 1.95 bits per heavy atom. The quantitative estimate of drug-likeness (QED) is 0.204. The Labute approximate surface area is 228 Å². The molecule has 0 atom stereocenters. The second-order valence-corrected chi connectivity index (χ2v) is 11.8. The van der Waals surface area contributed by atoms with Crippen molar-refractivity contribution in [1.29, 1.82) is 0 Å². The SMILES string of the molecule is Cc1[nH]n(-c2ccc(C34CC5CC(CC(C5)C3)C4)cc2)c(=O)c1C=Nc1ccc(N=Nc2ccccc2)cc1. The number of hydrogen-bond donors (Lipinski definition) is 1. The number of benzene rings is 3. The van der Waals surface area contributed by atoms with Gasteiger partial charge in [-0.15, -0.1) is 0 Å². The van der Waals surface area contributed by atoms with Crippen molar-refractivity contribution in [1.82, 2.24) is 9.78 Å². The van der Waals surface area contributed by atoms with Crippen molar-refractivity contribution in [2.45, 2.75) is 50.9 Å². The van der Waals surface area contributed by atoms with Crippen LogP contribution in [0.25, 0.3) is 5.69 Å². The van der Waals surface area contributed by atoms with Crippen molar-refractivity contribution in [2.75, 3.05) is 0 Å². The lowest BCUT2D eigenvalue weighted by Gasteiger charge is -2.57. The number of nitrogens with zero attached hydrogens (tertiary/aromatic N) is 4. The number of aromatic nitrogens is 2. The smallest absolute Gasteiger partial charge is 0.280 e. The molecule has 4 saturated carbocycles. The molecule has 1 heterocycles. The minimum Gasteiger partial charge on any atom is -0.295 e. The van der Waals surface area contributed by atoms with Gasteiger partial charge in [0.2, 0.25) is 0 Å². The monoisotopic (exact) mass is 515 g/mol. The van der Waals surface area contributed by atoms with E-state index in [2.05, 4.69) is 44.6 Å². The highest BCUT2D eigenvalue weighted by molar-refractivity contribution is 5.83. The number of hydrogen-bond acceptors (Lipinski definition) is 4. The molecule has 4 fully saturated rings. The second-order valence-electron chi connectivity index (χ2n) is 11.8. The predicted octanol–water partition coefficient (Wildman–Crippen LogP) is 8.11. The van der Waals surface area contributed by atoms with Crippen molar-refractivity contribution >= 4 is 23.3 Å². The first-order chi connectivity index (χ1) is 19.0. The van der Waals surface area contributed by atoms with E-state index in [-0.39, 0.29) is 5.56 Å². The van der Waals surface area contributed by atoms with Crippen LogP contribution < -0.4 is 5.56 Å². The van der Waals surface area contributed by atoms with Gasteiger partial charge in [-0.1, -0.05) is 30.3 Å². The number of azo groups is 1. The Hall–Kier alpha value is -4.06. The highest BCUT2D eigenvalue weighted by Crippen LogP contribution is 2.60. The van der Waals surface area contributed by atoms with Gasteiger partial charge in [-0.2, -0.15) is 10.2 Å². The molecular formula is C33H33N5O. The fourth-order valence-corrected chi connectivity index (χ4v) is 7.68. The topological polar surface area (TPSA) is 74.9 Å². The zero-order valence-corrected chi connectivity index (χ0v) is 22.3. The second kappa shape index (κ2) is 9.60. The standard InChI is InChI=1S/C33H33N5O/c1-22-31(21-34-27-9-11-29(12-10-27)36-35-28-5-3-2-4-6-28)32(39)38(37-22)30-13-7-26(8-14-30)33-18-23-15-24(19-33)17-25(16-23)20-33/h2-14,21,23-25,37H,15-20H2,1H3. The van der Waals surface area contributed by atoms with Gasteiger partial charge in [0.25, 0.3) is 5.56 Å². The van der Waals surface area contributed by atoms with Gasteiger partial charge in [-0.25, -0.2) is 4.68 Å². The molecule has 1 aromatic heterocycles. The summed E-state index contributed by atoms with van der Waals surface area (Å²) in [5.41, 5.74) is 6.26. The maximum Gasteiger partial charge on any atom is 0.280 e. The third kappa shape index (κ3) is 4.58. The predicted molar refractivity (Wildman–Crippen MR) is 155 cm³/mol. The van der Waals surface area contributed by atoms with E-state index in [4.69, 9.17) is 0 Å². The number of nitrogens with one attached hydrogen (secondary N) is 1. The molecule has 0 aliphatic heterocycles. The third-order valence-corrected chi connectivity index (χ3v) is 9.12. The molecule has 0 amide bonds. The van der Waals surface area contributed by atoms with Crippen LogP contribution in [0, 0.1) is 24.7 Å². The Bertz CT molecular complexity index is 1560. The van der Waals surface area contributed by atoms with Crippen LogP contribution in [0.2, 0.25) is 0 Å². The van der Waals surface area contributed by atoms with E-state index >= 15 is 0 Å². The Morgan fingerprint density at radius 1 is 0.769 bits per heavy atom. The Morgan fingerprint density at radius 2 is 1.33 bits per heavy atom. The number of aliphatic imine (C=N–C) groups is 1. The van der Waals surface area contributed by atoms with E-state index in [1.165, 1.54) is 44.1 Å². The molecule has 1 N–H and O–H groups in total. The van der Waals surface area contributed by atoms with Crippen LogP contribution in [0.1, 0.15) is 55.3 Å². The summed E-state index contributed by atoms with van der Waals surface area (Å²) in [6.07, 6.45) is 10.0. The molecule has 6 nitrogen and oxygen atoms in total. The van der Waals surface area contributed by atoms with Crippen LogP contribution in [0.15, 0.2) is 98.9 Å². The minimum absolute atomic E-state index is 0.0907. The number of rotatable bonds is 6. The van der Waals surface area contributed by atoms with Crippen molar-refractivity contribution in [3.05, 3.63) is 106 Å². The zero-order valence-electron chi connectivity index (χ0n) is 22.3. The van der Waals surface area contributed by atoms with Crippen LogP contribution in [0.3, 0.4) is 0 Å². The lowest BCUT2D eigenvalue weighted by molar-refractivity contribution is -0.00518. The van der Waals surface area contributed by atoms with Gasteiger partial charge in [0.05, 0.1) is 28.3 Å². The van der Waals surface area contributed by atoms with Gasteiger partial charge >= 0.3 is 0 Å². The molecule has 4 aliphatic carbocycles. The first-order valence-corrected chi connectivity index (χ1v) is 14.1. The van der Waals surface area contributed by atoms with Crippen molar-refractivity contribution in [3.8, 4) is 5.69 Å². The van der Waals surface area contributed by atoms with Crippen molar-refractivity contribution in [3.63, 3.8) is 0 Å². The summed E-state index contributed by atoms with van der Waals surface area (Å²) >= 11 is 0. The molecule has 4 aliphatic rings. The van der Waals surface area contributed by atoms with E-state index in [0.29, 0.717) is 11.0 Å². The van der Waals surface area contributed by atoms with E-state index in [1.807, 2.05) is 61.5 Å². The third-order valence-electron chi connectivity index (χ3n) is 9.12. The van der Waals surface area contributed by atoms with Crippen LogP contribution in [0.4, 0.5) is 17.1 Å². The van der Waals surface area contributed by atoms with Crippen LogP contribution in [-0.2, 0) is 5.41 Å². The average Bonchev–Trinajstić information content (AvgIpc) is 3.24. The summed E-state index contributed by atoms with van der Waals surface area (Å²) in [6.45, 7) is 1.91. The number of aromatic amines is 1. The molecule has 6 heteroatoms. The summed E-state index contributed by atoms with van der Waals surface area (Å²) in [5, 5.41) is 11.8. The molecule has 0 spiro atoms. The Balaban J connectivity index is 1.08. The fraction of sp³-hybridized carbons (Fsp3) is 0.333. The fourth-order valence-electron chi connectivity index (χ4n) is 7.68. The number of aryl methyl sites for hydroxylation is 1. The summed E-state index contributed by atoms with van der Waals surface area (Å²) in [5.74, 6) is 2.75. The van der Waals surface area contributed by atoms with Gasteiger partial charge in [0, 0.05) is 11.9 Å². The molecule has 0 saturated heterocycles. The lowest BCUT2D eigenvalue weighted by atomic mass is 9.48. The number of H-pyrrole nitrogens is 1. The van der Waals surface area contributed by atoms with E-state index in [9.17, 15) is 4.79 Å². The lowest BCUT2D eigenvalue weighted by Crippen LogP contribution is -2.48. The van der Waals surface area contributed by atoms with Gasteiger partial charge in [-0.05, 0) is 123 Å². The van der Waals surface area contributed by atoms with Gasteiger partial charge < -0.3 is 0 Å². The highest BCUT2D eigenvalue weighted by atomic mass is 16.1. The molecule has 0 radical (unpaired) electrons. The molecule has 0 unspecified atom stereocenters. The molecule has 3 aromatic carbocycles. The minimum atomic E-state index is -0.0907. The van der Waals surface area contributed by atoms with Gasteiger partial charge in [0.15, 0.2) is 0 Å². The maximum absolute atomic E-state index is 13.3. The van der Waals surface area contributed by atoms with Crippen LogP contribution in [-0.4, -0.2) is 16.0 Å². The van der Waals surface area contributed by atoms with Gasteiger partial charge in [0.1, 0.15) is 0 Å². The first kappa shape index (κ1) is 24.0. The van der Waals surface area contributed by atoms with E-state index in [1.54, 1.807) is 10.9 Å². The average molecular weight is 516 g/mol. The van der Waals surface area contributed by atoms with Crippen molar-refractivity contribution < 1.29 is 0 Å². The molecular weight excluding hydrogens is 482 g/mol. The van der Waals surface area contributed by atoms with Crippen molar-refractivity contribution in [2.24, 2.45) is 33.0 Å². The van der Waals surface area contributed by atoms with Gasteiger partial charge in [-0.3, -0.25) is 14.9 Å². The summed E-state index contributed by atoms with van der Waals surface area (Å²) in [7, 11) is 0. The maximum atomic E-state index is 13.3. The molecule has 39 heavy (non-hydrogen) atoms. The van der Waals surface area contributed by atoms with E-state index in [0.717, 1.165) is 46.2 Å². The normalized spacial score (nSPS) is 25.7. The zero-order chi connectivity index (χ0) is 26.4. The van der Waals surface area contributed by atoms with Crippen LogP contribution in [0.5, 0.6) is 0 Å². The summed E-state index contributed by atoms with van der Waals surface area (Å²) < 4.78 is 1.63. The molecule has 8 rings (SSSR count). The first-order valence-electron chi connectivity index (χ1n) is 14.1. The van der Waals surface area contributed by atoms with Crippen LogP contribution >= 0.6 is 0 Å². The Kier molecular flexibility index (Phi) is 5.91. The summed E-state index contributed by atoms with van der Waals surface area (Å²) in [6, 6.07) is 25.9. The molecule has 4 aromatic rings.